The van der Waals surface area contributed by atoms with Crippen molar-refractivity contribution in [2.45, 2.75) is 86.5 Å². The molecule has 1 aliphatic carbocycles. The Morgan fingerprint density at radius 3 is 2.14 bits per heavy atom. The summed E-state index contributed by atoms with van der Waals surface area (Å²) in [5.41, 5.74) is 4.39. The third-order valence-electron chi connectivity index (χ3n) is 6.08. The van der Waals surface area contributed by atoms with Crippen LogP contribution in [0.15, 0.2) is 33.8 Å². The zero-order chi connectivity index (χ0) is 21.9. The minimum absolute atomic E-state index is 0. The molecule has 1 aliphatic rings. The van der Waals surface area contributed by atoms with E-state index in [-0.39, 0.29) is 53.7 Å². The van der Waals surface area contributed by atoms with Gasteiger partial charge in [-0.3, -0.25) is 9.36 Å². The standard InChI is InChI=1S/C21H32N2O.C4H6.Er/c1-10-16-15(4)13(2)11-14(3)21(16,8)19-22-12-17(20(5,6)7)18(24)23(19)9;1-3-4-2;/h11-13H,10H2,1-9H3;1-2H3;. The summed E-state index contributed by atoms with van der Waals surface area (Å²) in [6, 6.07) is 0. The molecule has 0 aliphatic heterocycles. The Kier molecular flexibility index (Phi) is 10.7. The molecule has 0 spiro atoms. The normalized spacial score (nSPS) is 21.2. The summed E-state index contributed by atoms with van der Waals surface area (Å²) in [5.74, 6) is 6.65. The van der Waals surface area contributed by atoms with Gasteiger partial charge in [0.15, 0.2) is 0 Å². The Labute approximate surface area is 207 Å². The monoisotopic (exact) mass is 548 g/mol. The molecular weight excluding hydrogens is 512 g/mol. The third-order valence-corrected chi connectivity index (χ3v) is 6.08. The molecule has 0 bridgehead atoms. The fourth-order valence-electron chi connectivity index (χ4n) is 4.04. The largest absolute Gasteiger partial charge is 0.299 e. The molecule has 0 saturated heterocycles. The number of hydrogen-bond acceptors (Lipinski definition) is 2. The van der Waals surface area contributed by atoms with Crippen LogP contribution in [-0.2, 0) is 17.9 Å². The van der Waals surface area contributed by atoms with Gasteiger partial charge in [0, 0.05) is 56.1 Å². The second-order valence-corrected chi connectivity index (χ2v) is 8.89. The third kappa shape index (κ3) is 5.65. The molecule has 1 aromatic heterocycles. The molecule has 0 radical (unpaired) electrons. The number of nitrogens with zero attached hydrogens (tertiary/aromatic N) is 2. The molecule has 166 valence electrons. The van der Waals surface area contributed by atoms with Gasteiger partial charge in [-0.15, -0.1) is 11.8 Å². The summed E-state index contributed by atoms with van der Waals surface area (Å²) < 4.78 is 1.76. The van der Waals surface area contributed by atoms with Crippen molar-refractivity contribution in [1.82, 2.24) is 9.55 Å². The molecule has 0 aromatic carbocycles. The number of aromatic nitrogens is 2. The van der Waals surface area contributed by atoms with Crippen LogP contribution in [0, 0.1) is 55.1 Å². The number of allylic oxidation sites excluding steroid dienone is 4. The van der Waals surface area contributed by atoms with Crippen LogP contribution in [0.4, 0.5) is 0 Å². The quantitative estimate of drug-likeness (QED) is 0.351. The Morgan fingerprint density at radius 1 is 1.21 bits per heavy atom. The first-order valence-corrected chi connectivity index (χ1v) is 10.2. The van der Waals surface area contributed by atoms with Crippen molar-refractivity contribution in [2.24, 2.45) is 13.0 Å². The fraction of sp³-hybridized carbons (Fsp3) is 0.600. The molecule has 0 fully saturated rings. The molecule has 0 saturated carbocycles. The maximum atomic E-state index is 13.0. The van der Waals surface area contributed by atoms with Crippen LogP contribution in [0.3, 0.4) is 0 Å². The van der Waals surface area contributed by atoms with Gasteiger partial charge >= 0.3 is 0 Å². The molecule has 3 nitrogen and oxygen atoms in total. The van der Waals surface area contributed by atoms with E-state index in [1.807, 2.05) is 20.9 Å². The van der Waals surface area contributed by atoms with Gasteiger partial charge in [0.2, 0.25) is 0 Å². The SMILES string of the molecule is CC#CC.CCC1=C(C)C(C)C=C(C)C1(C)c1ncc(C(C)(C)C)c(=O)n1C.[Er]. The summed E-state index contributed by atoms with van der Waals surface area (Å²) in [4.78, 5) is 17.8. The van der Waals surface area contributed by atoms with Crippen LogP contribution in [0.2, 0.25) is 0 Å². The molecule has 2 atom stereocenters. The van der Waals surface area contributed by atoms with Gasteiger partial charge in [-0.2, -0.15) is 0 Å². The Morgan fingerprint density at radius 2 is 1.72 bits per heavy atom. The van der Waals surface area contributed by atoms with Gasteiger partial charge in [-0.25, -0.2) is 4.98 Å². The molecular formula is C25H38ErN2O. The van der Waals surface area contributed by atoms with E-state index in [1.165, 1.54) is 16.7 Å². The van der Waals surface area contributed by atoms with E-state index < -0.39 is 0 Å². The van der Waals surface area contributed by atoms with Crippen LogP contribution in [0.5, 0.6) is 0 Å². The first-order chi connectivity index (χ1) is 12.9. The van der Waals surface area contributed by atoms with E-state index in [2.05, 4.69) is 73.3 Å². The predicted octanol–water partition coefficient (Wildman–Crippen LogP) is 5.69. The minimum Gasteiger partial charge on any atom is -0.299 e. The van der Waals surface area contributed by atoms with Crippen molar-refractivity contribution in [3.8, 4) is 11.8 Å². The zero-order valence-electron chi connectivity index (χ0n) is 20.0. The Bertz CT molecular complexity index is 897. The molecule has 0 amide bonds. The van der Waals surface area contributed by atoms with Gasteiger partial charge in [0.05, 0.1) is 5.41 Å². The molecule has 0 N–H and O–H groups in total. The van der Waals surface area contributed by atoms with Crippen molar-refractivity contribution in [1.29, 1.82) is 0 Å². The second kappa shape index (κ2) is 11.0. The maximum absolute atomic E-state index is 13.0. The van der Waals surface area contributed by atoms with Crippen LogP contribution < -0.4 is 5.56 Å². The minimum atomic E-state index is -0.310. The van der Waals surface area contributed by atoms with Crippen LogP contribution in [-0.4, -0.2) is 9.55 Å². The van der Waals surface area contributed by atoms with Crippen molar-refractivity contribution >= 4 is 0 Å². The average molecular weight is 550 g/mol. The van der Waals surface area contributed by atoms with Crippen LogP contribution >= 0.6 is 0 Å². The van der Waals surface area contributed by atoms with Gasteiger partial charge in [0.1, 0.15) is 5.82 Å². The van der Waals surface area contributed by atoms with E-state index in [4.69, 9.17) is 4.98 Å². The second-order valence-electron chi connectivity index (χ2n) is 8.89. The molecule has 1 aromatic rings. The summed E-state index contributed by atoms with van der Waals surface area (Å²) >= 11 is 0. The summed E-state index contributed by atoms with van der Waals surface area (Å²) in [6.07, 6.45) is 5.07. The zero-order valence-corrected chi connectivity index (χ0v) is 21.9. The van der Waals surface area contributed by atoms with Gasteiger partial charge in [0.25, 0.3) is 5.56 Å². The van der Waals surface area contributed by atoms with E-state index >= 15 is 0 Å². The number of hydrogen-bond donors (Lipinski definition) is 0. The van der Waals surface area contributed by atoms with Crippen molar-refractivity contribution in [3.05, 3.63) is 50.7 Å². The predicted molar refractivity (Wildman–Crippen MR) is 121 cm³/mol. The van der Waals surface area contributed by atoms with Crippen molar-refractivity contribution in [3.63, 3.8) is 0 Å². The van der Waals surface area contributed by atoms with E-state index in [0.29, 0.717) is 5.92 Å². The van der Waals surface area contributed by atoms with E-state index in [1.54, 1.807) is 10.8 Å². The smallest absolute Gasteiger partial charge is 0.256 e. The van der Waals surface area contributed by atoms with Gasteiger partial charge in [-0.1, -0.05) is 57.4 Å². The average Bonchev–Trinajstić information content (AvgIpc) is 2.62. The van der Waals surface area contributed by atoms with Crippen LogP contribution in [0.1, 0.15) is 87.0 Å². The first kappa shape index (κ1) is 28.2. The molecule has 29 heavy (non-hydrogen) atoms. The summed E-state index contributed by atoms with van der Waals surface area (Å²) in [6.45, 7) is 20.8. The van der Waals surface area contributed by atoms with E-state index in [0.717, 1.165) is 17.8 Å². The van der Waals surface area contributed by atoms with Gasteiger partial charge < -0.3 is 0 Å². The maximum Gasteiger partial charge on any atom is 0.256 e. The van der Waals surface area contributed by atoms with Gasteiger partial charge in [-0.05, 0) is 52.4 Å². The number of rotatable bonds is 2. The van der Waals surface area contributed by atoms with E-state index in [9.17, 15) is 4.79 Å². The summed E-state index contributed by atoms with van der Waals surface area (Å²) in [7, 11) is 1.86. The Hall–Kier alpha value is -0.833. The Balaban J connectivity index is 0.00000143. The summed E-state index contributed by atoms with van der Waals surface area (Å²) in [5, 5.41) is 0. The first-order valence-electron chi connectivity index (χ1n) is 10.2. The van der Waals surface area contributed by atoms with Crippen molar-refractivity contribution < 1.29 is 37.3 Å². The molecule has 2 unspecified atom stereocenters. The topological polar surface area (TPSA) is 34.9 Å². The molecule has 1 heterocycles. The fourth-order valence-corrected chi connectivity index (χ4v) is 4.04. The molecule has 4 heteroatoms. The van der Waals surface area contributed by atoms with Crippen LogP contribution in [0.25, 0.3) is 0 Å². The molecule has 2 rings (SSSR count). The van der Waals surface area contributed by atoms with Crippen molar-refractivity contribution in [2.75, 3.05) is 0 Å².